The van der Waals surface area contributed by atoms with Crippen LogP contribution in [0.1, 0.15) is 78.1 Å². The summed E-state index contributed by atoms with van der Waals surface area (Å²) in [7, 11) is 6.24. The summed E-state index contributed by atoms with van der Waals surface area (Å²) in [4.78, 5) is 11.5. The zero-order valence-corrected chi connectivity index (χ0v) is 16.2. The Morgan fingerprint density at radius 1 is 0.870 bits per heavy atom. The predicted octanol–water partition coefficient (Wildman–Crippen LogP) is 5.16. The van der Waals surface area contributed by atoms with Gasteiger partial charge in [0, 0.05) is 0 Å². The third-order valence-electron chi connectivity index (χ3n) is 3.82. The van der Waals surface area contributed by atoms with E-state index >= 15 is 0 Å². The fourth-order valence-corrected chi connectivity index (χ4v) is 2.75. The average Bonchev–Trinajstić information content (AvgIpc) is 2.42. The molecule has 4 nitrogen and oxygen atoms in total. The molecule has 1 unspecified atom stereocenters. The Morgan fingerprint density at radius 3 is 1.83 bits per heavy atom. The third-order valence-corrected chi connectivity index (χ3v) is 3.82. The molecule has 0 aliphatic rings. The molecule has 0 N–H and O–H groups in total. The minimum atomic E-state index is -0.526. The first kappa shape index (κ1) is 22.2. The number of nitrogens with zero attached hydrogens (tertiary/aromatic N) is 1. The molecule has 0 saturated heterocycles. The summed E-state index contributed by atoms with van der Waals surface area (Å²) in [5.41, 5.74) is 0. The molecule has 4 heteroatoms. The summed E-state index contributed by atoms with van der Waals surface area (Å²) < 4.78 is 11.1. The van der Waals surface area contributed by atoms with E-state index in [0.717, 1.165) is 23.9 Å². The van der Waals surface area contributed by atoms with Crippen molar-refractivity contribution in [1.82, 2.24) is 0 Å². The molecule has 0 aliphatic carbocycles. The Hall–Kier alpha value is -0.770. The summed E-state index contributed by atoms with van der Waals surface area (Å²) in [6, 6.07) is 0. The van der Waals surface area contributed by atoms with E-state index in [4.69, 9.17) is 9.47 Å². The minimum Gasteiger partial charge on any atom is -0.434 e. The van der Waals surface area contributed by atoms with Gasteiger partial charge in [-0.3, -0.25) is 0 Å². The number of hydrogen-bond donors (Lipinski definition) is 0. The van der Waals surface area contributed by atoms with Crippen LogP contribution in [0.25, 0.3) is 0 Å². The SMILES string of the molecule is CCCCCCCCCCCCOC(=O)OC(C)C[N+](C)(C)C. The molecule has 138 valence electrons. The summed E-state index contributed by atoms with van der Waals surface area (Å²) in [5.74, 6) is 0. The molecule has 0 fully saturated rings. The van der Waals surface area contributed by atoms with Crippen LogP contribution in [-0.4, -0.2) is 51.0 Å². The first-order valence-corrected chi connectivity index (χ1v) is 9.49. The zero-order valence-electron chi connectivity index (χ0n) is 16.2. The lowest BCUT2D eigenvalue weighted by atomic mass is 10.1. The van der Waals surface area contributed by atoms with Crippen molar-refractivity contribution in [2.75, 3.05) is 34.3 Å². The van der Waals surface area contributed by atoms with Gasteiger partial charge in [-0.1, -0.05) is 64.7 Å². The number of rotatable bonds is 14. The molecule has 0 spiro atoms. The number of carbonyl (C=O) groups is 1. The first-order valence-electron chi connectivity index (χ1n) is 9.49. The van der Waals surface area contributed by atoms with Crippen LogP contribution >= 0.6 is 0 Å². The van der Waals surface area contributed by atoms with Gasteiger partial charge in [-0.25, -0.2) is 4.79 Å². The summed E-state index contributed by atoms with van der Waals surface area (Å²) >= 11 is 0. The standard InChI is InChI=1S/C19H40NO3/c1-6-7-8-9-10-11-12-13-14-15-16-22-19(21)23-18(2)17-20(3,4)5/h18H,6-17H2,1-5H3/q+1. The molecule has 0 amide bonds. The normalized spacial score (nSPS) is 12.9. The zero-order chi connectivity index (χ0) is 17.6. The topological polar surface area (TPSA) is 35.5 Å². The lowest BCUT2D eigenvalue weighted by Crippen LogP contribution is -2.42. The van der Waals surface area contributed by atoms with Crippen molar-refractivity contribution in [2.24, 2.45) is 0 Å². The Bertz CT molecular complexity index is 287. The highest BCUT2D eigenvalue weighted by Gasteiger charge is 2.18. The van der Waals surface area contributed by atoms with E-state index in [9.17, 15) is 4.79 Å². The molecule has 0 rings (SSSR count). The van der Waals surface area contributed by atoms with Crippen molar-refractivity contribution < 1.29 is 18.8 Å². The van der Waals surface area contributed by atoms with E-state index in [1.54, 1.807) is 0 Å². The maximum Gasteiger partial charge on any atom is 0.508 e. The summed E-state index contributed by atoms with van der Waals surface area (Å²) in [6.07, 6.45) is 12.1. The second-order valence-corrected chi connectivity index (χ2v) is 7.68. The van der Waals surface area contributed by atoms with Crippen molar-refractivity contribution >= 4 is 6.16 Å². The van der Waals surface area contributed by atoms with E-state index in [-0.39, 0.29) is 6.10 Å². The second kappa shape index (κ2) is 13.6. The van der Waals surface area contributed by atoms with Crippen LogP contribution in [0.5, 0.6) is 0 Å². The molecular formula is C19H40NO3+. The second-order valence-electron chi connectivity index (χ2n) is 7.68. The molecular weight excluding hydrogens is 290 g/mol. The summed E-state index contributed by atoms with van der Waals surface area (Å²) in [6.45, 7) is 5.42. The number of hydrogen-bond acceptors (Lipinski definition) is 3. The van der Waals surface area contributed by atoms with E-state index in [0.29, 0.717) is 6.61 Å². The van der Waals surface area contributed by atoms with Gasteiger partial charge in [0.15, 0.2) is 6.10 Å². The Morgan fingerprint density at radius 2 is 1.35 bits per heavy atom. The Kier molecular flexibility index (Phi) is 13.2. The highest BCUT2D eigenvalue weighted by Crippen LogP contribution is 2.10. The average molecular weight is 331 g/mol. The van der Waals surface area contributed by atoms with E-state index in [1.807, 2.05) is 6.92 Å². The Balaban J connectivity index is 3.36. The Labute approximate surface area is 144 Å². The molecule has 23 heavy (non-hydrogen) atoms. The number of likely N-dealkylation sites (N-methyl/N-ethyl adjacent to an activating group) is 1. The van der Waals surface area contributed by atoms with Crippen molar-refractivity contribution in [2.45, 2.75) is 84.2 Å². The van der Waals surface area contributed by atoms with Gasteiger partial charge in [-0.05, 0) is 13.3 Å². The van der Waals surface area contributed by atoms with Crippen molar-refractivity contribution in [3.05, 3.63) is 0 Å². The van der Waals surface area contributed by atoms with Gasteiger partial charge in [0.25, 0.3) is 0 Å². The van der Waals surface area contributed by atoms with Crippen molar-refractivity contribution in [3.63, 3.8) is 0 Å². The van der Waals surface area contributed by atoms with E-state index in [2.05, 4.69) is 28.1 Å². The van der Waals surface area contributed by atoms with Crippen LogP contribution in [0.3, 0.4) is 0 Å². The lowest BCUT2D eigenvalue weighted by molar-refractivity contribution is -0.873. The summed E-state index contributed by atoms with van der Waals surface area (Å²) in [5, 5.41) is 0. The van der Waals surface area contributed by atoms with Crippen LogP contribution in [0.2, 0.25) is 0 Å². The first-order chi connectivity index (χ1) is 10.8. The predicted molar refractivity (Wildman–Crippen MR) is 96.6 cm³/mol. The maximum atomic E-state index is 11.5. The number of ether oxygens (including phenoxy) is 2. The maximum absolute atomic E-state index is 11.5. The van der Waals surface area contributed by atoms with Gasteiger partial charge >= 0.3 is 6.16 Å². The monoisotopic (exact) mass is 330 g/mol. The van der Waals surface area contributed by atoms with E-state index < -0.39 is 6.16 Å². The van der Waals surface area contributed by atoms with E-state index in [1.165, 1.54) is 51.4 Å². The number of unbranched alkanes of at least 4 members (excludes halogenated alkanes) is 9. The smallest absolute Gasteiger partial charge is 0.434 e. The molecule has 0 aromatic rings. The number of carbonyl (C=O) groups excluding carboxylic acids is 1. The number of quaternary nitrogens is 1. The van der Waals surface area contributed by atoms with Crippen molar-refractivity contribution in [1.29, 1.82) is 0 Å². The van der Waals surface area contributed by atoms with Gasteiger partial charge < -0.3 is 14.0 Å². The molecule has 1 atom stereocenters. The van der Waals surface area contributed by atoms with Crippen LogP contribution in [0, 0.1) is 0 Å². The van der Waals surface area contributed by atoms with Gasteiger partial charge in [0.2, 0.25) is 0 Å². The van der Waals surface area contributed by atoms with Crippen LogP contribution in [-0.2, 0) is 9.47 Å². The fraction of sp³-hybridized carbons (Fsp3) is 0.947. The highest BCUT2D eigenvalue weighted by molar-refractivity contribution is 5.60. The quantitative estimate of drug-likeness (QED) is 0.251. The molecule has 0 heterocycles. The molecule has 0 radical (unpaired) electrons. The van der Waals surface area contributed by atoms with Gasteiger partial charge in [-0.15, -0.1) is 0 Å². The molecule has 0 saturated carbocycles. The highest BCUT2D eigenvalue weighted by atomic mass is 16.7. The minimum absolute atomic E-state index is 0.116. The largest absolute Gasteiger partial charge is 0.508 e. The lowest BCUT2D eigenvalue weighted by Gasteiger charge is -2.26. The third kappa shape index (κ3) is 17.4. The fourth-order valence-electron chi connectivity index (χ4n) is 2.75. The molecule has 0 aromatic heterocycles. The van der Waals surface area contributed by atoms with Gasteiger partial charge in [0.1, 0.15) is 6.54 Å². The van der Waals surface area contributed by atoms with Crippen molar-refractivity contribution in [3.8, 4) is 0 Å². The van der Waals surface area contributed by atoms with Crippen LogP contribution in [0.4, 0.5) is 4.79 Å². The van der Waals surface area contributed by atoms with Crippen LogP contribution in [0.15, 0.2) is 0 Å². The van der Waals surface area contributed by atoms with Gasteiger partial charge in [0.05, 0.1) is 27.7 Å². The van der Waals surface area contributed by atoms with Crippen LogP contribution < -0.4 is 0 Å². The van der Waals surface area contributed by atoms with Gasteiger partial charge in [-0.2, -0.15) is 0 Å². The molecule has 0 aliphatic heterocycles. The molecule has 0 aromatic carbocycles. The molecule has 0 bridgehead atoms.